The molecule has 1 aliphatic rings. The number of aliphatic imine (C=N–C) groups is 1. The van der Waals surface area contributed by atoms with Gasteiger partial charge in [0.05, 0.1) is 7.11 Å². The van der Waals surface area contributed by atoms with Crippen molar-refractivity contribution in [3.05, 3.63) is 65.7 Å². The molecule has 0 atom stereocenters. The van der Waals surface area contributed by atoms with Crippen LogP contribution in [0.4, 0.5) is 5.69 Å². The Balaban J connectivity index is 2.00. The van der Waals surface area contributed by atoms with Crippen molar-refractivity contribution < 1.29 is 14.6 Å². The third-order valence-electron chi connectivity index (χ3n) is 3.99. The highest BCUT2D eigenvalue weighted by Gasteiger charge is 2.19. The number of ether oxygens (including phenoxy) is 1. The number of nitrogens with one attached hydrogen (secondary N) is 2. The molecule has 1 heterocycles. The van der Waals surface area contributed by atoms with Crippen LogP contribution in [0.3, 0.4) is 0 Å². The number of guanidine groups is 1. The molecule has 0 radical (unpaired) electrons. The highest BCUT2D eigenvalue weighted by atomic mass is 16.5. The third kappa shape index (κ3) is 4.03. The first kappa shape index (κ1) is 17.5. The third-order valence-corrected chi connectivity index (χ3v) is 3.99. The zero-order valence-corrected chi connectivity index (χ0v) is 14.5. The number of anilines is 1. The molecule has 134 valence electrons. The Morgan fingerprint density at radius 1 is 1.15 bits per heavy atom. The molecule has 2 aromatic rings. The van der Waals surface area contributed by atoms with E-state index in [1.807, 2.05) is 30.3 Å². The van der Waals surface area contributed by atoms with Crippen molar-refractivity contribution in [1.82, 2.24) is 5.32 Å². The molecular weight excluding hydrogens is 330 g/mol. The largest absolute Gasteiger partial charge is 0.495 e. The zero-order valence-electron chi connectivity index (χ0n) is 14.5. The lowest BCUT2D eigenvalue weighted by Crippen LogP contribution is -2.35. The highest BCUT2D eigenvalue weighted by Crippen LogP contribution is 2.28. The van der Waals surface area contributed by atoms with E-state index in [-0.39, 0.29) is 5.57 Å². The van der Waals surface area contributed by atoms with Gasteiger partial charge >= 0.3 is 5.97 Å². The van der Waals surface area contributed by atoms with Crippen LogP contribution in [0.25, 0.3) is 11.3 Å². The molecule has 0 unspecified atom stereocenters. The molecule has 6 nitrogen and oxygen atoms in total. The smallest absolute Gasteiger partial charge is 0.340 e. The predicted octanol–water partition coefficient (Wildman–Crippen LogP) is 3.05. The van der Waals surface area contributed by atoms with Crippen LogP contribution in [0.2, 0.25) is 0 Å². The first-order chi connectivity index (χ1) is 12.7. The fourth-order valence-corrected chi connectivity index (χ4v) is 2.81. The average Bonchev–Trinajstić information content (AvgIpc) is 2.67. The van der Waals surface area contributed by atoms with Gasteiger partial charge in [-0.3, -0.25) is 4.99 Å². The Labute approximate surface area is 152 Å². The Hall–Kier alpha value is -3.28. The molecule has 0 saturated carbocycles. The Morgan fingerprint density at radius 3 is 2.58 bits per heavy atom. The number of methoxy groups -OCH3 is 1. The molecule has 2 aromatic carbocycles. The minimum absolute atomic E-state index is 0.124. The molecule has 3 N–H and O–H groups in total. The molecule has 0 spiro atoms. The van der Waals surface area contributed by atoms with E-state index in [0.717, 1.165) is 31.2 Å². The molecule has 0 saturated heterocycles. The van der Waals surface area contributed by atoms with Gasteiger partial charge in [-0.25, -0.2) is 4.79 Å². The average molecular weight is 351 g/mol. The number of carbonyl (C=O) groups is 1. The number of benzene rings is 2. The standard InChI is InChI=1S/C20H21N3O3/c1-26-18(17(19(24)25)14-7-3-2-4-8-14)15-9-5-10-16(13-15)23-20-21-11-6-12-22-20/h2-5,7-10,13H,6,11-12H2,1H3,(H,24,25)(H2,21,22,23). The first-order valence-corrected chi connectivity index (χ1v) is 8.42. The number of hydrogen-bond acceptors (Lipinski definition) is 5. The van der Waals surface area contributed by atoms with Gasteiger partial charge in [-0.05, 0) is 24.1 Å². The lowest BCUT2D eigenvalue weighted by molar-refractivity contribution is -0.130. The molecular formula is C20H21N3O3. The Kier molecular flexibility index (Phi) is 5.53. The Morgan fingerprint density at radius 2 is 1.92 bits per heavy atom. The molecule has 3 rings (SSSR count). The van der Waals surface area contributed by atoms with E-state index in [1.54, 1.807) is 24.3 Å². The number of nitrogens with zero attached hydrogens (tertiary/aromatic N) is 1. The minimum Gasteiger partial charge on any atom is -0.495 e. The van der Waals surface area contributed by atoms with Gasteiger partial charge in [-0.2, -0.15) is 0 Å². The number of rotatable bonds is 5. The molecule has 6 heteroatoms. The number of carboxylic acids is 1. The highest BCUT2D eigenvalue weighted by molar-refractivity contribution is 6.22. The quantitative estimate of drug-likeness (QED) is 0.438. The maximum absolute atomic E-state index is 11.9. The fraction of sp³-hybridized carbons (Fsp3) is 0.200. The predicted molar refractivity (Wildman–Crippen MR) is 103 cm³/mol. The van der Waals surface area contributed by atoms with E-state index in [2.05, 4.69) is 15.6 Å². The van der Waals surface area contributed by atoms with Gasteiger partial charge in [0.2, 0.25) is 0 Å². The van der Waals surface area contributed by atoms with Gasteiger partial charge in [-0.1, -0.05) is 42.5 Å². The molecule has 0 bridgehead atoms. The van der Waals surface area contributed by atoms with Gasteiger partial charge in [0.15, 0.2) is 5.96 Å². The monoisotopic (exact) mass is 351 g/mol. The number of aliphatic carboxylic acids is 1. The molecule has 0 fully saturated rings. The van der Waals surface area contributed by atoms with Gasteiger partial charge in [0, 0.05) is 24.3 Å². The van der Waals surface area contributed by atoms with Crippen molar-refractivity contribution in [2.75, 3.05) is 25.5 Å². The number of carboxylic acid groups (broad SMARTS) is 1. The van der Waals surface area contributed by atoms with E-state index in [1.165, 1.54) is 7.11 Å². The second-order valence-electron chi connectivity index (χ2n) is 5.80. The van der Waals surface area contributed by atoms with Crippen molar-refractivity contribution >= 4 is 28.9 Å². The van der Waals surface area contributed by atoms with E-state index in [9.17, 15) is 9.90 Å². The normalized spacial score (nSPS) is 14.6. The van der Waals surface area contributed by atoms with Crippen LogP contribution in [-0.2, 0) is 9.53 Å². The van der Waals surface area contributed by atoms with Gasteiger partial charge in [-0.15, -0.1) is 0 Å². The second kappa shape index (κ2) is 8.20. The van der Waals surface area contributed by atoms with Crippen LogP contribution in [0.5, 0.6) is 0 Å². The van der Waals surface area contributed by atoms with Gasteiger partial charge in [0.1, 0.15) is 11.3 Å². The van der Waals surface area contributed by atoms with Crippen LogP contribution >= 0.6 is 0 Å². The SMILES string of the molecule is COC(=C(C(=O)O)c1ccccc1)c1cccc(NC2=NCCCN2)c1. The summed E-state index contributed by atoms with van der Waals surface area (Å²) in [4.78, 5) is 16.3. The summed E-state index contributed by atoms with van der Waals surface area (Å²) in [7, 11) is 1.48. The Bertz CT molecular complexity index is 844. The summed E-state index contributed by atoms with van der Waals surface area (Å²) in [6.45, 7) is 1.67. The minimum atomic E-state index is -1.04. The summed E-state index contributed by atoms with van der Waals surface area (Å²) in [5.74, 6) is -0.00603. The van der Waals surface area contributed by atoms with Crippen molar-refractivity contribution in [2.24, 2.45) is 4.99 Å². The van der Waals surface area contributed by atoms with E-state index in [0.29, 0.717) is 16.9 Å². The summed E-state index contributed by atoms with van der Waals surface area (Å²) < 4.78 is 5.48. The van der Waals surface area contributed by atoms with Crippen LogP contribution in [0.1, 0.15) is 17.5 Å². The van der Waals surface area contributed by atoms with Crippen LogP contribution < -0.4 is 10.6 Å². The first-order valence-electron chi connectivity index (χ1n) is 8.42. The van der Waals surface area contributed by atoms with Crippen LogP contribution in [-0.4, -0.2) is 37.2 Å². The van der Waals surface area contributed by atoms with Gasteiger partial charge in [0.25, 0.3) is 0 Å². The molecule has 0 amide bonds. The lowest BCUT2D eigenvalue weighted by atomic mass is 10.0. The van der Waals surface area contributed by atoms with E-state index < -0.39 is 5.97 Å². The number of hydrogen-bond donors (Lipinski definition) is 3. The maximum atomic E-state index is 11.9. The summed E-state index contributed by atoms with van der Waals surface area (Å²) >= 11 is 0. The molecule has 26 heavy (non-hydrogen) atoms. The maximum Gasteiger partial charge on any atom is 0.340 e. The summed E-state index contributed by atoms with van der Waals surface area (Å²) in [6.07, 6.45) is 1.01. The summed E-state index contributed by atoms with van der Waals surface area (Å²) in [6, 6.07) is 16.4. The van der Waals surface area contributed by atoms with E-state index >= 15 is 0 Å². The molecule has 1 aliphatic heterocycles. The molecule has 0 aromatic heterocycles. The second-order valence-corrected chi connectivity index (χ2v) is 5.80. The topological polar surface area (TPSA) is 83.0 Å². The van der Waals surface area contributed by atoms with Crippen LogP contribution in [0, 0.1) is 0 Å². The fourth-order valence-electron chi connectivity index (χ4n) is 2.81. The molecule has 0 aliphatic carbocycles. The summed E-state index contributed by atoms with van der Waals surface area (Å²) in [5.41, 5.74) is 2.20. The van der Waals surface area contributed by atoms with Crippen molar-refractivity contribution in [2.45, 2.75) is 6.42 Å². The zero-order chi connectivity index (χ0) is 18.4. The van der Waals surface area contributed by atoms with Crippen molar-refractivity contribution in [3.63, 3.8) is 0 Å². The van der Waals surface area contributed by atoms with Crippen LogP contribution in [0.15, 0.2) is 59.6 Å². The van der Waals surface area contributed by atoms with E-state index in [4.69, 9.17) is 4.74 Å². The van der Waals surface area contributed by atoms with Crippen molar-refractivity contribution in [3.8, 4) is 0 Å². The van der Waals surface area contributed by atoms with Crippen molar-refractivity contribution in [1.29, 1.82) is 0 Å². The lowest BCUT2D eigenvalue weighted by Gasteiger charge is -2.17. The summed E-state index contributed by atoms with van der Waals surface area (Å²) in [5, 5.41) is 16.2. The van der Waals surface area contributed by atoms with Gasteiger partial charge < -0.3 is 20.5 Å².